The Morgan fingerprint density at radius 1 is 0.906 bits per heavy atom. The van der Waals surface area contributed by atoms with Gasteiger partial charge in [0.05, 0.1) is 12.3 Å². The largest absolute Gasteiger partial charge is 0.338 e. The maximum absolute atomic E-state index is 12.2. The van der Waals surface area contributed by atoms with E-state index in [1.165, 1.54) is 70.6 Å². The fourth-order valence-corrected chi connectivity index (χ4v) is 7.61. The number of hydrazine groups is 1. The number of piperidine rings is 1. The average molecular weight is 447 g/mol. The molecule has 0 aromatic heterocycles. The van der Waals surface area contributed by atoms with Crippen LogP contribution in [0.3, 0.4) is 0 Å². The van der Waals surface area contributed by atoms with Crippen LogP contribution in [0.5, 0.6) is 0 Å². The molecule has 7 nitrogen and oxygen atoms in total. The Bertz CT molecular complexity index is 640. The summed E-state index contributed by atoms with van der Waals surface area (Å²) in [7, 11) is 2.21. The van der Waals surface area contributed by atoms with Crippen molar-refractivity contribution in [2.75, 3.05) is 20.1 Å². The van der Waals surface area contributed by atoms with Crippen LogP contribution in [0.2, 0.25) is 0 Å². The Hall–Kier alpha value is -0.730. The van der Waals surface area contributed by atoms with Crippen LogP contribution in [0.1, 0.15) is 84.0 Å². The smallest absolute Gasteiger partial charge is 0.219 e. The minimum absolute atomic E-state index is 0.264. The number of hydrogen-bond acceptors (Lipinski definition) is 6. The minimum Gasteiger partial charge on any atom is -0.338 e. The summed E-state index contributed by atoms with van der Waals surface area (Å²) in [6.45, 7) is 3.77. The topological polar surface area (TPSA) is 71.7 Å². The number of likely N-dealkylation sites (tertiary alicyclic amines) is 1. The molecule has 0 aromatic rings. The van der Waals surface area contributed by atoms with Gasteiger partial charge in [0.2, 0.25) is 5.91 Å². The van der Waals surface area contributed by atoms with Crippen molar-refractivity contribution in [2.45, 2.75) is 120 Å². The molecule has 5 fully saturated rings. The summed E-state index contributed by atoms with van der Waals surface area (Å²) in [4.78, 5) is 14.4. The molecule has 4 N–H and O–H groups in total. The van der Waals surface area contributed by atoms with Crippen molar-refractivity contribution in [1.82, 2.24) is 31.3 Å². The van der Waals surface area contributed by atoms with Gasteiger partial charge in [-0.05, 0) is 69.7 Å². The SMILES string of the molecule is CC(=O)N1CCC2CCCC(NC3CCNC(NC4CC(C5CCCCC5)NN4C)C3)C21. The monoisotopic (exact) mass is 446 g/mol. The van der Waals surface area contributed by atoms with Crippen molar-refractivity contribution in [3.05, 3.63) is 0 Å². The highest BCUT2D eigenvalue weighted by Gasteiger charge is 2.44. The van der Waals surface area contributed by atoms with Gasteiger partial charge in [0, 0.05) is 44.7 Å². The molecule has 2 saturated carbocycles. The van der Waals surface area contributed by atoms with Gasteiger partial charge < -0.3 is 15.5 Å². The Labute approximate surface area is 194 Å². The molecule has 0 spiro atoms. The molecule has 0 aromatic carbocycles. The van der Waals surface area contributed by atoms with E-state index in [-0.39, 0.29) is 5.91 Å². The highest BCUT2D eigenvalue weighted by molar-refractivity contribution is 5.74. The van der Waals surface area contributed by atoms with Gasteiger partial charge in [0.25, 0.3) is 0 Å². The van der Waals surface area contributed by atoms with E-state index < -0.39 is 0 Å². The number of amides is 1. The van der Waals surface area contributed by atoms with Crippen LogP contribution in [0.4, 0.5) is 0 Å². The lowest BCUT2D eigenvalue weighted by Gasteiger charge is -2.42. The molecule has 2 aliphatic carbocycles. The van der Waals surface area contributed by atoms with Gasteiger partial charge in [-0.1, -0.05) is 25.7 Å². The van der Waals surface area contributed by atoms with E-state index in [9.17, 15) is 4.79 Å². The molecule has 32 heavy (non-hydrogen) atoms. The quantitative estimate of drug-likeness (QED) is 0.519. The van der Waals surface area contributed by atoms with Crippen LogP contribution in [-0.4, -0.2) is 72.5 Å². The van der Waals surface area contributed by atoms with Crippen LogP contribution in [-0.2, 0) is 4.79 Å². The minimum atomic E-state index is 0.264. The summed E-state index contributed by atoms with van der Waals surface area (Å²) < 4.78 is 0. The summed E-state index contributed by atoms with van der Waals surface area (Å²) in [5.41, 5.74) is 3.77. The normalized spacial score (nSPS) is 41.7. The van der Waals surface area contributed by atoms with Gasteiger partial charge >= 0.3 is 0 Å². The molecule has 3 aliphatic heterocycles. The van der Waals surface area contributed by atoms with E-state index in [1.807, 2.05) is 0 Å². The molecule has 182 valence electrons. The van der Waals surface area contributed by atoms with Crippen molar-refractivity contribution in [3.8, 4) is 0 Å². The van der Waals surface area contributed by atoms with E-state index in [1.54, 1.807) is 6.92 Å². The first-order valence-electron chi connectivity index (χ1n) is 13.6. The summed E-state index contributed by atoms with van der Waals surface area (Å²) in [5, 5.41) is 14.0. The molecular formula is C25H46N6O. The third-order valence-electron chi connectivity index (χ3n) is 9.27. The third kappa shape index (κ3) is 5.02. The maximum atomic E-state index is 12.2. The first-order chi connectivity index (χ1) is 15.6. The molecule has 5 rings (SSSR count). The lowest BCUT2D eigenvalue weighted by molar-refractivity contribution is -0.131. The fraction of sp³-hybridized carbons (Fsp3) is 0.960. The zero-order valence-corrected chi connectivity index (χ0v) is 20.3. The van der Waals surface area contributed by atoms with Crippen LogP contribution in [0.25, 0.3) is 0 Å². The molecule has 0 bridgehead atoms. The van der Waals surface area contributed by atoms with Gasteiger partial charge in [0.15, 0.2) is 0 Å². The van der Waals surface area contributed by atoms with Crippen molar-refractivity contribution in [2.24, 2.45) is 11.8 Å². The van der Waals surface area contributed by atoms with Gasteiger partial charge in [0.1, 0.15) is 0 Å². The van der Waals surface area contributed by atoms with Crippen LogP contribution in [0.15, 0.2) is 0 Å². The molecule has 1 amide bonds. The van der Waals surface area contributed by atoms with E-state index in [0.29, 0.717) is 42.4 Å². The van der Waals surface area contributed by atoms with E-state index in [4.69, 9.17) is 0 Å². The summed E-state index contributed by atoms with van der Waals surface area (Å²) >= 11 is 0. The predicted molar refractivity (Wildman–Crippen MR) is 128 cm³/mol. The molecular weight excluding hydrogens is 400 g/mol. The van der Waals surface area contributed by atoms with E-state index in [0.717, 1.165) is 25.4 Å². The van der Waals surface area contributed by atoms with E-state index >= 15 is 0 Å². The number of fused-ring (bicyclic) bond motifs is 1. The summed E-state index contributed by atoms with van der Waals surface area (Å²) in [6.07, 6.45) is 16.3. The second-order valence-corrected chi connectivity index (χ2v) is 11.3. The second kappa shape index (κ2) is 10.3. The molecule has 5 aliphatic rings. The number of nitrogens with one attached hydrogen (secondary N) is 4. The van der Waals surface area contributed by atoms with Crippen LogP contribution < -0.4 is 21.4 Å². The highest BCUT2D eigenvalue weighted by Crippen LogP contribution is 2.37. The lowest BCUT2D eigenvalue weighted by Crippen LogP contribution is -2.61. The summed E-state index contributed by atoms with van der Waals surface area (Å²) in [6, 6.07) is 2.05. The summed E-state index contributed by atoms with van der Waals surface area (Å²) in [5.74, 6) is 1.82. The fourth-order valence-electron chi connectivity index (χ4n) is 7.61. The Balaban J connectivity index is 1.14. The second-order valence-electron chi connectivity index (χ2n) is 11.3. The number of hydrogen-bond donors (Lipinski definition) is 4. The van der Waals surface area contributed by atoms with Crippen LogP contribution >= 0.6 is 0 Å². The molecule has 3 saturated heterocycles. The molecule has 3 heterocycles. The number of nitrogens with zero attached hydrogens (tertiary/aromatic N) is 2. The average Bonchev–Trinajstić information content (AvgIpc) is 3.39. The van der Waals surface area contributed by atoms with Crippen molar-refractivity contribution < 1.29 is 4.79 Å². The molecule has 0 radical (unpaired) electrons. The number of rotatable bonds is 5. The third-order valence-corrected chi connectivity index (χ3v) is 9.27. The highest BCUT2D eigenvalue weighted by atomic mass is 16.2. The van der Waals surface area contributed by atoms with Gasteiger partial charge in [-0.25, -0.2) is 5.01 Å². The van der Waals surface area contributed by atoms with Crippen molar-refractivity contribution in [3.63, 3.8) is 0 Å². The zero-order chi connectivity index (χ0) is 22.1. The maximum Gasteiger partial charge on any atom is 0.219 e. The Kier molecular flexibility index (Phi) is 7.39. The van der Waals surface area contributed by atoms with Crippen LogP contribution in [0, 0.1) is 11.8 Å². The van der Waals surface area contributed by atoms with Gasteiger partial charge in [-0.3, -0.25) is 15.5 Å². The van der Waals surface area contributed by atoms with Gasteiger partial charge in [-0.2, -0.15) is 0 Å². The lowest BCUT2D eigenvalue weighted by atomic mass is 9.80. The first-order valence-corrected chi connectivity index (χ1v) is 13.6. The Morgan fingerprint density at radius 2 is 1.72 bits per heavy atom. The molecule has 7 atom stereocenters. The number of carbonyl (C=O) groups excluding carboxylic acids is 1. The molecule has 7 heteroatoms. The zero-order valence-electron chi connectivity index (χ0n) is 20.3. The van der Waals surface area contributed by atoms with Crippen molar-refractivity contribution >= 4 is 5.91 Å². The Morgan fingerprint density at radius 3 is 2.53 bits per heavy atom. The standard InChI is InChI=1S/C25H46N6O/c1-17(32)31-14-12-19-9-6-10-21(25(19)31)27-20-11-13-26-23(15-20)28-24-16-22(29-30(24)2)18-7-4-3-5-8-18/h18-29H,3-16H2,1-2H3. The number of carbonyl (C=O) groups is 1. The molecule has 7 unspecified atom stereocenters. The van der Waals surface area contributed by atoms with Gasteiger partial charge in [-0.15, -0.1) is 0 Å². The predicted octanol–water partition coefficient (Wildman–Crippen LogP) is 2.15. The first kappa shape index (κ1) is 23.0. The van der Waals surface area contributed by atoms with E-state index in [2.05, 4.69) is 38.3 Å². The van der Waals surface area contributed by atoms with Crippen molar-refractivity contribution in [1.29, 1.82) is 0 Å².